The number of thioether (sulfide) groups is 1. The smallest absolute Gasteiger partial charge is 0.191 e. The molecule has 2 saturated carbocycles. The Morgan fingerprint density at radius 3 is 2.55 bits per heavy atom. The fraction of sp³-hybridized carbons (Fsp3) is 0.545. The highest BCUT2D eigenvalue weighted by atomic mass is 32.2. The van der Waals surface area contributed by atoms with Gasteiger partial charge in [0.05, 0.1) is 6.10 Å². The third kappa shape index (κ3) is 8.50. The maximum absolute atomic E-state index is 6.01. The van der Waals surface area contributed by atoms with E-state index in [0.29, 0.717) is 29.5 Å². The van der Waals surface area contributed by atoms with Crippen molar-refractivity contribution in [1.82, 2.24) is 9.97 Å². The molecule has 2 aliphatic carbocycles. The zero-order chi connectivity index (χ0) is 21.2. The van der Waals surface area contributed by atoms with Crippen molar-refractivity contribution in [2.75, 3.05) is 29.6 Å². The molecule has 1 aromatic rings. The molecule has 1 heterocycles. The first-order valence-corrected chi connectivity index (χ1v) is 11.2. The number of allylic oxidation sites excluding steroid dienone is 5. The summed E-state index contributed by atoms with van der Waals surface area (Å²) in [6.45, 7) is 7.67. The lowest BCUT2D eigenvalue weighted by molar-refractivity contribution is 0.108. The SMILES string of the molecule is C=C/C=C\C=C(C)C.COC1CCC(Nc2nc(SCC3CC3)nc(N)c2N)C1. The normalized spacial score (nSPS) is 20.8. The molecule has 0 aliphatic heterocycles. The van der Waals surface area contributed by atoms with E-state index in [9.17, 15) is 0 Å². The van der Waals surface area contributed by atoms with Crippen molar-refractivity contribution in [1.29, 1.82) is 0 Å². The number of anilines is 3. The number of nitrogen functional groups attached to an aromatic ring is 2. The number of aromatic nitrogens is 2. The predicted octanol–water partition coefficient (Wildman–Crippen LogP) is 4.82. The minimum Gasteiger partial charge on any atom is -0.393 e. The summed E-state index contributed by atoms with van der Waals surface area (Å²) in [4.78, 5) is 8.82. The first kappa shape index (κ1) is 23.3. The van der Waals surface area contributed by atoms with Crippen LogP contribution in [0.3, 0.4) is 0 Å². The van der Waals surface area contributed by atoms with Gasteiger partial charge in [-0.15, -0.1) is 0 Å². The second-order valence-corrected chi connectivity index (χ2v) is 8.77. The molecule has 2 atom stereocenters. The Balaban J connectivity index is 0.000000321. The number of hydrogen-bond acceptors (Lipinski definition) is 7. The molecule has 0 bridgehead atoms. The van der Waals surface area contributed by atoms with E-state index in [1.54, 1.807) is 24.9 Å². The standard InChI is InChI=1S/C14H23N5OS.C8H12/c1-20-10-5-4-9(6-10)17-13-11(15)12(16)18-14(19-13)21-7-8-2-3-8;1-4-5-6-7-8(2)3/h8-10H,2-7,15H2,1H3,(H3,16,17,18,19);4-7H,1H2,2-3H3/b;6-5-. The zero-order valence-electron chi connectivity index (χ0n) is 17.9. The molecular formula is C22H35N5OS. The molecule has 0 amide bonds. The molecule has 0 aromatic carbocycles. The highest BCUT2D eigenvalue weighted by molar-refractivity contribution is 7.99. The van der Waals surface area contributed by atoms with Crippen LogP contribution >= 0.6 is 11.8 Å². The van der Waals surface area contributed by atoms with E-state index in [1.807, 2.05) is 18.2 Å². The summed E-state index contributed by atoms with van der Waals surface area (Å²) in [6.07, 6.45) is 13.8. The Hall–Kier alpha value is -1.99. The monoisotopic (exact) mass is 417 g/mol. The van der Waals surface area contributed by atoms with Gasteiger partial charge in [0.1, 0.15) is 5.69 Å². The third-order valence-electron chi connectivity index (χ3n) is 4.84. The van der Waals surface area contributed by atoms with Gasteiger partial charge in [-0.25, -0.2) is 9.97 Å². The maximum Gasteiger partial charge on any atom is 0.191 e. The lowest BCUT2D eigenvalue weighted by atomic mass is 10.2. The predicted molar refractivity (Wildman–Crippen MR) is 125 cm³/mol. The van der Waals surface area contributed by atoms with E-state index in [4.69, 9.17) is 16.2 Å². The second-order valence-electron chi connectivity index (χ2n) is 7.78. The topological polar surface area (TPSA) is 99.1 Å². The van der Waals surface area contributed by atoms with Gasteiger partial charge in [-0.2, -0.15) is 0 Å². The fourth-order valence-electron chi connectivity index (χ4n) is 2.92. The van der Waals surface area contributed by atoms with Crippen molar-refractivity contribution in [3.63, 3.8) is 0 Å². The molecule has 160 valence electrons. The number of nitrogens with two attached hydrogens (primary N) is 2. The van der Waals surface area contributed by atoms with Gasteiger partial charge in [0, 0.05) is 18.9 Å². The number of nitrogens with one attached hydrogen (secondary N) is 1. The van der Waals surface area contributed by atoms with Crippen molar-refractivity contribution in [3.8, 4) is 0 Å². The van der Waals surface area contributed by atoms with Crippen LogP contribution < -0.4 is 16.8 Å². The first-order chi connectivity index (χ1) is 13.9. The highest BCUT2D eigenvalue weighted by Gasteiger charge is 2.26. The Labute approximate surface area is 179 Å². The molecule has 5 N–H and O–H groups in total. The first-order valence-electron chi connectivity index (χ1n) is 10.2. The van der Waals surface area contributed by atoms with E-state index in [0.717, 1.165) is 36.1 Å². The highest BCUT2D eigenvalue weighted by Crippen LogP contribution is 2.35. The summed E-state index contributed by atoms with van der Waals surface area (Å²) in [7, 11) is 1.76. The van der Waals surface area contributed by atoms with E-state index in [2.05, 4.69) is 35.7 Å². The van der Waals surface area contributed by atoms with Gasteiger partial charge >= 0.3 is 0 Å². The molecule has 1 aromatic heterocycles. The zero-order valence-corrected chi connectivity index (χ0v) is 18.7. The average Bonchev–Trinajstić information content (AvgIpc) is 3.41. The molecular weight excluding hydrogens is 382 g/mol. The number of methoxy groups -OCH3 is 1. The van der Waals surface area contributed by atoms with Crippen LogP contribution in [0.1, 0.15) is 46.0 Å². The van der Waals surface area contributed by atoms with Crippen LogP contribution in [0.5, 0.6) is 0 Å². The largest absolute Gasteiger partial charge is 0.393 e. The van der Waals surface area contributed by atoms with Crippen molar-refractivity contribution in [3.05, 3.63) is 36.5 Å². The van der Waals surface area contributed by atoms with E-state index >= 15 is 0 Å². The van der Waals surface area contributed by atoms with Gasteiger partial charge < -0.3 is 21.5 Å². The average molecular weight is 418 g/mol. The van der Waals surface area contributed by atoms with Crippen molar-refractivity contribution < 1.29 is 4.74 Å². The summed E-state index contributed by atoms with van der Waals surface area (Å²) < 4.78 is 5.40. The number of rotatable bonds is 8. The fourth-order valence-corrected chi connectivity index (χ4v) is 3.96. The van der Waals surface area contributed by atoms with Crippen LogP contribution in [0.2, 0.25) is 0 Å². The Morgan fingerprint density at radius 1 is 1.21 bits per heavy atom. The molecule has 3 rings (SSSR count). The summed E-state index contributed by atoms with van der Waals surface area (Å²) in [5.41, 5.74) is 13.7. The van der Waals surface area contributed by atoms with Crippen LogP contribution in [-0.2, 0) is 4.74 Å². The minimum absolute atomic E-state index is 0.326. The van der Waals surface area contributed by atoms with Crippen molar-refractivity contribution in [2.24, 2.45) is 5.92 Å². The second kappa shape index (κ2) is 11.9. The Bertz CT molecular complexity index is 726. The maximum atomic E-state index is 6.01. The van der Waals surface area contributed by atoms with Gasteiger partial charge in [-0.05, 0) is 51.9 Å². The van der Waals surface area contributed by atoms with E-state index in [1.165, 1.54) is 18.4 Å². The molecule has 2 fully saturated rings. The Kier molecular flexibility index (Phi) is 9.54. The molecule has 29 heavy (non-hydrogen) atoms. The lowest BCUT2D eigenvalue weighted by Crippen LogP contribution is -2.20. The molecule has 7 heteroatoms. The molecule has 6 nitrogen and oxygen atoms in total. The van der Waals surface area contributed by atoms with Gasteiger partial charge in [-0.3, -0.25) is 0 Å². The van der Waals surface area contributed by atoms with Gasteiger partial charge in [0.25, 0.3) is 0 Å². The lowest BCUT2D eigenvalue weighted by Gasteiger charge is -2.16. The summed E-state index contributed by atoms with van der Waals surface area (Å²) in [5.74, 6) is 2.93. The van der Waals surface area contributed by atoms with Crippen LogP contribution in [-0.4, -0.2) is 35.0 Å². The molecule has 2 aliphatic rings. The Morgan fingerprint density at radius 2 is 1.97 bits per heavy atom. The van der Waals surface area contributed by atoms with E-state index < -0.39 is 0 Å². The van der Waals surface area contributed by atoms with Gasteiger partial charge in [0.2, 0.25) is 0 Å². The molecule has 0 radical (unpaired) electrons. The van der Waals surface area contributed by atoms with E-state index in [-0.39, 0.29) is 0 Å². The van der Waals surface area contributed by atoms with Crippen molar-refractivity contribution >= 4 is 29.1 Å². The summed E-state index contributed by atoms with van der Waals surface area (Å²) >= 11 is 1.67. The van der Waals surface area contributed by atoms with Crippen LogP contribution in [0.15, 0.2) is 41.6 Å². The van der Waals surface area contributed by atoms with Crippen LogP contribution in [0, 0.1) is 5.92 Å². The van der Waals surface area contributed by atoms with Gasteiger partial charge in [-0.1, -0.05) is 48.2 Å². The van der Waals surface area contributed by atoms with Crippen LogP contribution in [0.4, 0.5) is 17.3 Å². The molecule has 2 unspecified atom stereocenters. The molecule has 0 saturated heterocycles. The summed E-state index contributed by atoms with van der Waals surface area (Å²) in [6, 6.07) is 0.341. The van der Waals surface area contributed by atoms with Gasteiger partial charge in [0.15, 0.2) is 16.8 Å². The summed E-state index contributed by atoms with van der Waals surface area (Å²) in [5, 5.41) is 4.13. The molecule has 0 spiro atoms. The number of hydrogen-bond donors (Lipinski definition) is 3. The third-order valence-corrected chi connectivity index (χ3v) is 5.91. The number of ether oxygens (including phenoxy) is 1. The minimum atomic E-state index is 0.326. The van der Waals surface area contributed by atoms with Crippen molar-refractivity contribution in [2.45, 2.75) is 63.3 Å². The van der Waals surface area contributed by atoms with Crippen LogP contribution in [0.25, 0.3) is 0 Å². The number of nitrogens with zero attached hydrogens (tertiary/aromatic N) is 2. The quantitative estimate of drug-likeness (QED) is 0.317.